The number of thioether (sulfide) groups is 1. The van der Waals surface area contributed by atoms with E-state index in [-0.39, 0.29) is 5.76 Å². The number of carbonyl (C=O) groups is 1. The molecule has 9 heteroatoms. The Bertz CT molecular complexity index is 836. The molecule has 0 unspecified atom stereocenters. The number of hydrogen-bond donors (Lipinski definition) is 1. The summed E-state index contributed by atoms with van der Waals surface area (Å²) in [7, 11) is 1.30. The van der Waals surface area contributed by atoms with Crippen LogP contribution >= 0.6 is 11.8 Å². The molecule has 0 aromatic carbocycles. The van der Waals surface area contributed by atoms with Crippen molar-refractivity contribution < 1.29 is 18.4 Å². The highest BCUT2D eigenvalue weighted by atomic mass is 32.2. The SMILES string of the molecule is COC(=O)c1ccc(CSc2nnc(-c3ccoc3C)n2N)o1. The summed E-state index contributed by atoms with van der Waals surface area (Å²) in [6.45, 7) is 1.83. The van der Waals surface area contributed by atoms with E-state index in [1.54, 1.807) is 24.5 Å². The lowest BCUT2D eigenvalue weighted by molar-refractivity contribution is 0.0563. The van der Waals surface area contributed by atoms with E-state index >= 15 is 0 Å². The van der Waals surface area contributed by atoms with Crippen molar-refractivity contribution in [1.29, 1.82) is 0 Å². The van der Waals surface area contributed by atoms with Gasteiger partial charge in [0, 0.05) is 0 Å². The van der Waals surface area contributed by atoms with E-state index < -0.39 is 5.97 Å². The van der Waals surface area contributed by atoms with Gasteiger partial charge in [-0.15, -0.1) is 10.2 Å². The average molecular weight is 334 g/mol. The lowest BCUT2D eigenvalue weighted by atomic mass is 10.2. The molecule has 8 nitrogen and oxygen atoms in total. The molecule has 23 heavy (non-hydrogen) atoms. The van der Waals surface area contributed by atoms with Gasteiger partial charge in [0.2, 0.25) is 10.9 Å². The van der Waals surface area contributed by atoms with Crippen LogP contribution in [-0.4, -0.2) is 28.0 Å². The second-order valence-corrected chi connectivity index (χ2v) is 5.56. The molecule has 0 saturated heterocycles. The minimum Gasteiger partial charge on any atom is -0.469 e. The molecule has 0 radical (unpaired) electrons. The molecular formula is C14H14N4O4S. The van der Waals surface area contributed by atoms with Crippen LogP contribution in [0.5, 0.6) is 0 Å². The molecule has 3 aromatic rings. The van der Waals surface area contributed by atoms with Gasteiger partial charge in [-0.1, -0.05) is 11.8 Å². The van der Waals surface area contributed by atoms with E-state index in [9.17, 15) is 4.79 Å². The van der Waals surface area contributed by atoms with Gasteiger partial charge in [0.05, 0.1) is 24.7 Å². The smallest absolute Gasteiger partial charge is 0.373 e. The lowest BCUT2D eigenvalue weighted by Crippen LogP contribution is -2.11. The number of nitrogens with zero attached hydrogens (tertiary/aromatic N) is 3. The molecule has 0 amide bonds. The Hall–Kier alpha value is -2.68. The Labute approximate surface area is 135 Å². The van der Waals surface area contributed by atoms with Crippen LogP contribution in [0.15, 0.2) is 38.5 Å². The summed E-state index contributed by atoms with van der Waals surface area (Å²) in [5, 5.41) is 8.67. The second kappa shape index (κ2) is 6.21. The third kappa shape index (κ3) is 2.95. The third-order valence-corrected chi connectivity index (χ3v) is 4.12. The Balaban J connectivity index is 1.72. The highest BCUT2D eigenvalue weighted by Gasteiger charge is 2.17. The molecule has 0 aliphatic carbocycles. The van der Waals surface area contributed by atoms with Gasteiger partial charge in [-0.05, 0) is 25.1 Å². The van der Waals surface area contributed by atoms with Gasteiger partial charge in [-0.2, -0.15) is 0 Å². The van der Waals surface area contributed by atoms with E-state index in [1.807, 2.05) is 6.92 Å². The van der Waals surface area contributed by atoms with Crippen LogP contribution in [0, 0.1) is 6.92 Å². The summed E-state index contributed by atoms with van der Waals surface area (Å²) >= 11 is 1.34. The number of nitrogens with two attached hydrogens (primary N) is 1. The van der Waals surface area contributed by atoms with E-state index in [1.165, 1.54) is 23.5 Å². The first-order valence-corrected chi connectivity index (χ1v) is 7.63. The largest absolute Gasteiger partial charge is 0.469 e. The normalized spacial score (nSPS) is 10.9. The van der Waals surface area contributed by atoms with Gasteiger partial charge in [0.25, 0.3) is 0 Å². The fourth-order valence-corrected chi connectivity index (χ4v) is 2.73. The van der Waals surface area contributed by atoms with Crippen molar-refractivity contribution in [1.82, 2.24) is 14.9 Å². The van der Waals surface area contributed by atoms with Crippen molar-refractivity contribution >= 4 is 17.7 Å². The van der Waals surface area contributed by atoms with Crippen molar-refractivity contribution in [3.8, 4) is 11.4 Å². The molecule has 3 rings (SSSR count). The zero-order valence-corrected chi connectivity index (χ0v) is 13.3. The number of esters is 1. The first-order chi connectivity index (χ1) is 11.1. The van der Waals surface area contributed by atoms with E-state index in [0.717, 1.165) is 11.3 Å². The summed E-state index contributed by atoms with van der Waals surface area (Å²) in [5.74, 6) is 7.98. The number of nitrogen functional groups attached to an aromatic ring is 1. The molecule has 0 fully saturated rings. The first kappa shape index (κ1) is 15.2. The van der Waals surface area contributed by atoms with Crippen LogP contribution < -0.4 is 5.84 Å². The summed E-state index contributed by atoms with van der Waals surface area (Å²) in [6, 6.07) is 5.05. The zero-order valence-electron chi connectivity index (χ0n) is 12.5. The van der Waals surface area contributed by atoms with E-state index in [0.29, 0.717) is 22.5 Å². The molecule has 2 N–H and O–H groups in total. The number of aromatic nitrogens is 3. The maximum atomic E-state index is 11.3. The van der Waals surface area contributed by atoms with Crippen LogP contribution in [0.2, 0.25) is 0 Å². The van der Waals surface area contributed by atoms with Crippen LogP contribution in [0.1, 0.15) is 22.1 Å². The number of methoxy groups -OCH3 is 1. The molecule has 0 saturated carbocycles. The van der Waals surface area contributed by atoms with Crippen molar-refractivity contribution in [2.75, 3.05) is 13.0 Å². The van der Waals surface area contributed by atoms with Gasteiger partial charge in [0.15, 0.2) is 5.82 Å². The number of carbonyl (C=O) groups excluding carboxylic acids is 1. The molecule has 0 atom stereocenters. The molecule has 3 heterocycles. The molecule has 0 spiro atoms. The fourth-order valence-electron chi connectivity index (χ4n) is 1.98. The predicted octanol–water partition coefficient (Wildman–Crippen LogP) is 2.23. The topological polar surface area (TPSA) is 109 Å². The van der Waals surface area contributed by atoms with Crippen molar-refractivity contribution in [3.05, 3.63) is 41.7 Å². The Morgan fingerprint density at radius 3 is 2.91 bits per heavy atom. The van der Waals surface area contributed by atoms with Gasteiger partial charge in [0.1, 0.15) is 11.5 Å². The number of aryl methyl sites for hydroxylation is 1. The fraction of sp³-hybridized carbons (Fsp3) is 0.214. The number of hydrogen-bond acceptors (Lipinski definition) is 8. The molecule has 0 bridgehead atoms. The van der Waals surface area contributed by atoms with Crippen molar-refractivity contribution in [2.24, 2.45) is 0 Å². The monoisotopic (exact) mass is 334 g/mol. The van der Waals surface area contributed by atoms with Gasteiger partial charge < -0.3 is 19.4 Å². The van der Waals surface area contributed by atoms with Gasteiger partial charge in [-0.25, -0.2) is 9.47 Å². The van der Waals surface area contributed by atoms with Crippen LogP contribution in [0.25, 0.3) is 11.4 Å². The number of ether oxygens (including phenoxy) is 1. The zero-order chi connectivity index (χ0) is 16.4. The minimum absolute atomic E-state index is 0.159. The summed E-state index contributed by atoms with van der Waals surface area (Å²) < 4.78 is 16.6. The predicted molar refractivity (Wildman–Crippen MR) is 82.2 cm³/mol. The quantitative estimate of drug-likeness (QED) is 0.430. The standard InChI is InChI=1S/C14H14N4O4S/c1-8-10(5-6-21-8)12-16-17-14(18(12)15)23-7-9-3-4-11(22-9)13(19)20-2/h3-6H,7,15H2,1-2H3. The first-order valence-electron chi connectivity index (χ1n) is 6.65. The molecule has 0 aliphatic rings. The molecule has 120 valence electrons. The van der Waals surface area contributed by atoms with Gasteiger partial charge >= 0.3 is 5.97 Å². The Morgan fingerprint density at radius 1 is 1.39 bits per heavy atom. The van der Waals surface area contributed by atoms with Gasteiger partial charge in [-0.3, -0.25) is 0 Å². The number of rotatable bonds is 5. The summed E-state index contributed by atoms with van der Waals surface area (Å²) in [6.07, 6.45) is 1.57. The summed E-state index contributed by atoms with van der Waals surface area (Å²) in [4.78, 5) is 11.3. The van der Waals surface area contributed by atoms with Crippen LogP contribution in [0.4, 0.5) is 0 Å². The molecule has 0 aliphatic heterocycles. The maximum Gasteiger partial charge on any atom is 0.373 e. The highest BCUT2D eigenvalue weighted by molar-refractivity contribution is 7.98. The van der Waals surface area contributed by atoms with Crippen molar-refractivity contribution in [2.45, 2.75) is 17.8 Å². The van der Waals surface area contributed by atoms with Crippen molar-refractivity contribution in [3.63, 3.8) is 0 Å². The van der Waals surface area contributed by atoms with Crippen LogP contribution in [-0.2, 0) is 10.5 Å². The van der Waals surface area contributed by atoms with E-state index in [4.69, 9.17) is 14.7 Å². The molecule has 3 aromatic heterocycles. The highest BCUT2D eigenvalue weighted by Crippen LogP contribution is 2.27. The Kier molecular flexibility index (Phi) is 4.11. The Morgan fingerprint density at radius 2 is 2.22 bits per heavy atom. The number of furan rings is 2. The van der Waals surface area contributed by atoms with Crippen LogP contribution in [0.3, 0.4) is 0 Å². The maximum absolute atomic E-state index is 11.3. The summed E-state index contributed by atoms with van der Waals surface area (Å²) in [5.41, 5.74) is 0.790. The average Bonchev–Trinajstić information content (AvgIpc) is 3.25. The third-order valence-electron chi connectivity index (χ3n) is 3.16. The molecular weight excluding hydrogens is 320 g/mol. The van der Waals surface area contributed by atoms with E-state index in [2.05, 4.69) is 14.9 Å². The second-order valence-electron chi connectivity index (χ2n) is 4.61. The lowest BCUT2D eigenvalue weighted by Gasteiger charge is -2.02. The minimum atomic E-state index is -0.513.